The van der Waals surface area contributed by atoms with E-state index in [1.165, 1.54) is 0 Å². The van der Waals surface area contributed by atoms with Crippen LogP contribution >= 0.6 is 11.6 Å². The highest BCUT2D eigenvalue weighted by atomic mass is 35.5. The van der Waals surface area contributed by atoms with Gasteiger partial charge in [-0.05, 0) is 24.6 Å². The lowest BCUT2D eigenvalue weighted by atomic mass is 9.98. The van der Waals surface area contributed by atoms with Crippen molar-refractivity contribution in [2.45, 2.75) is 6.92 Å². The number of nitrogens with one attached hydrogen (secondary N) is 1. The third-order valence-corrected chi connectivity index (χ3v) is 3.88. The van der Waals surface area contributed by atoms with Gasteiger partial charge in [-0.15, -0.1) is 0 Å². The zero-order valence-corrected chi connectivity index (χ0v) is 14.2. The predicted octanol–water partition coefficient (Wildman–Crippen LogP) is 4.14. The SMILES string of the molecule is CCOC(=O)c1[nH]nc(C(=O)c2ccccc2)c1-c1ccc(Cl)cc1. The molecule has 0 aliphatic carbocycles. The molecule has 3 aromatic rings. The van der Waals surface area contributed by atoms with Crippen LogP contribution in [0.3, 0.4) is 0 Å². The summed E-state index contributed by atoms with van der Waals surface area (Å²) in [6.45, 7) is 1.94. The molecule has 3 rings (SSSR count). The highest BCUT2D eigenvalue weighted by Gasteiger charge is 2.26. The largest absolute Gasteiger partial charge is 0.461 e. The predicted molar refractivity (Wildman–Crippen MR) is 94.9 cm³/mol. The van der Waals surface area contributed by atoms with Gasteiger partial charge in [0.2, 0.25) is 5.78 Å². The molecular weight excluding hydrogens is 340 g/mol. The van der Waals surface area contributed by atoms with E-state index in [9.17, 15) is 9.59 Å². The van der Waals surface area contributed by atoms with Gasteiger partial charge in [0.05, 0.1) is 6.61 Å². The number of aromatic nitrogens is 2. The molecular formula is C19H15ClN2O3. The van der Waals surface area contributed by atoms with Crippen molar-refractivity contribution in [3.05, 3.63) is 76.6 Å². The normalized spacial score (nSPS) is 10.5. The molecule has 5 nitrogen and oxygen atoms in total. The summed E-state index contributed by atoms with van der Waals surface area (Å²) in [7, 11) is 0. The summed E-state index contributed by atoms with van der Waals surface area (Å²) in [6, 6.07) is 15.6. The molecule has 25 heavy (non-hydrogen) atoms. The molecule has 0 spiro atoms. The van der Waals surface area contributed by atoms with Gasteiger partial charge in [0.25, 0.3) is 0 Å². The first-order valence-corrected chi connectivity index (χ1v) is 8.10. The first kappa shape index (κ1) is 16.9. The van der Waals surface area contributed by atoms with Crippen LogP contribution in [0.4, 0.5) is 0 Å². The first-order chi connectivity index (χ1) is 12.1. The summed E-state index contributed by atoms with van der Waals surface area (Å²) >= 11 is 5.94. The van der Waals surface area contributed by atoms with Gasteiger partial charge in [-0.3, -0.25) is 9.89 Å². The Morgan fingerprint density at radius 3 is 2.40 bits per heavy atom. The first-order valence-electron chi connectivity index (χ1n) is 7.73. The van der Waals surface area contributed by atoms with E-state index in [4.69, 9.17) is 16.3 Å². The number of carbonyl (C=O) groups excluding carboxylic acids is 2. The maximum absolute atomic E-state index is 12.8. The Balaban J connectivity index is 2.14. The van der Waals surface area contributed by atoms with Gasteiger partial charge in [-0.2, -0.15) is 5.10 Å². The van der Waals surface area contributed by atoms with Gasteiger partial charge < -0.3 is 4.74 Å². The Bertz CT molecular complexity index is 902. The van der Waals surface area contributed by atoms with Crippen LogP contribution in [0.15, 0.2) is 54.6 Å². The Morgan fingerprint density at radius 2 is 1.76 bits per heavy atom. The van der Waals surface area contributed by atoms with E-state index in [0.29, 0.717) is 21.7 Å². The number of aromatic amines is 1. The van der Waals surface area contributed by atoms with Crippen molar-refractivity contribution in [1.29, 1.82) is 0 Å². The third kappa shape index (κ3) is 3.46. The molecule has 0 aliphatic heterocycles. The monoisotopic (exact) mass is 354 g/mol. The standard InChI is InChI=1S/C19H15ClN2O3/c1-2-25-19(24)17-15(12-8-10-14(20)11-9-12)16(21-22-17)18(23)13-6-4-3-5-7-13/h3-11H,2H2,1H3,(H,21,22). The van der Waals surface area contributed by atoms with Crippen molar-refractivity contribution in [2.24, 2.45) is 0 Å². The third-order valence-electron chi connectivity index (χ3n) is 3.63. The molecule has 0 fully saturated rings. The minimum absolute atomic E-state index is 0.142. The smallest absolute Gasteiger partial charge is 0.357 e. The lowest BCUT2D eigenvalue weighted by molar-refractivity contribution is 0.0520. The topological polar surface area (TPSA) is 72.1 Å². The number of H-pyrrole nitrogens is 1. The van der Waals surface area contributed by atoms with Gasteiger partial charge >= 0.3 is 5.97 Å². The Morgan fingerprint density at radius 1 is 1.08 bits per heavy atom. The fourth-order valence-electron chi connectivity index (χ4n) is 2.48. The van der Waals surface area contributed by atoms with E-state index in [2.05, 4.69) is 10.2 Å². The fourth-order valence-corrected chi connectivity index (χ4v) is 2.61. The number of benzene rings is 2. The molecule has 0 atom stereocenters. The van der Waals surface area contributed by atoms with Gasteiger partial charge in [0.15, 0.2) is 5.69 Å². The maximum Gasteiger partial charge on any atom is 0.357 e. The molecule has 0 unspecified atom stereocenters. The van der Waals surface area contributed by atoms with E-state index >= 15 is 0 Å². The highest BCUT2D eigenvalue weighted by molar-refractivity contribution is 6.30. The Hall–Kier alpha value is -2.92. The van der Waals surface area contributed by atoms with Crippen molar-refractivity contribution in [2.75, 3.05) is 6.61 Å². The summed E-state index contributed by atoms with van der Waals surface area (Å²) in [4.78, 5) is 25.1. The number of carbonyl (C=O) groups is 2. The minimum Gasteiger partial charge on any atom is -0.461 e. The zero-order chi connectivity index (χ0) is 17.8. The van der Waals surface area contributed by atoms with Crippen LogP contribution in [0.2, 0.25) is 5.02 Å². The van der Waals surface area contributed by atoms with Crippen LogP contribution in [0.1, 0.15) is 33.5 Å². The molecule has 126 valence electrons. The number of rotatable bonds is 5. The molecule has 0 aliphatic rings. The van der Waals surface area contributed by atoms with Crippen molar-refractivity contribution in [1.82, 2.24) is 10.2 Å². The number of ether oxygens (including phenoxy) is 1. The van der Waals surface area contributed by atoms with E-state index in [1.54, 1.807) is 55.5 Å². The lowest BCUT2D eigenvalue weighted by Gasteiger charge is -2.06. The highest BCUT2D eigenvalue weighted by Crippen LogP contribution is 2.29. The molecule has 6 heteroatoms. The van der Waals surface area contributed by atoms with Crippen molar-refractivity contribution < 1.29 is 14.3 Å². The molecule has 2 aromatic carbocycles. The number of halogens is 1. The maximum atomic E-state index is 12.8. The second-order valence-corrected chi connectivity index (χ2v) is 5.68. The Kier molecular flexibility index (Phi) is 4.95. The number of esters is 1. The molecule has 1 N–H and O–H groups in total. The summed E-state index contributed by atoms with van der Waals surface area (Å²) < 4.78 is 5.07. The quantitative estimate of drug-likeness (QED) is 0.552. The summed E-state index contributed by atoms with van der Waals surface area (Å²) in [5.41, 5.74) is 1.85. The van der Waals surface area contributed by atoms with Gasteiger partial charge in [-0.25, -0.2) is 4.79 Å². The molecule has 1 aromatic heterocycles. The second-order valence-electron chi connectivity index (χ2n) is 5.24. The van der Waals surface area contributed by atoms with E-state index in [-0.39, 0.29) is 23.8 Å². The van der Waals surface area contributed by atoms with Crippen LogP contribution in [0, 0.1) is 0 Å². The van der Waals surface area contributed by atoms with Crippen molar-refractivity contribution in [3.8, 4) is 11.1 Å². The molecule has 0 saturated heterocycles. The van der Waals surface area contributed by atoms with Crippen LogP contribution < -0.4 is 0 Å². The van der Waals surface area contributed by atoms with E-state index in [0.717, 1.165) is 0 Å². The molecule has 0 amide bonds. The van der Waals surface area contributed by atoms with Crippen LogP contribution in [0.5, 0.6) is 0 Å². The summed E-state index contributed by atoms with van der Waals surface area (Å²) in [5.74, 6) is -0.843. The average Bonchev–Trinajstić information content (AvgIpc) is 3.08. The molecule has 1 heterocycles. The summed E-state index contributed by atoms with van der Waals surface area (Å²) in [6.07, 6.45) is 0. The van der Waals surface area contributed by atoms with Crippen molar-refractivity contribution >= 4 is 23.4 Å². The van der Waals surface area contributed by atoms with Crippen LogP contribution in [-0.2, 0) is 4.74 Å². The number of hydrogen-bond donors (Lipinski definition) is 1. The average molecular weight is 355 g/mol. The van der Waals surface area contributed by atoms with Gasteiger partial charge in [0.1, 0.15) is 5.69 Å². The molecule has 0 radical (unpaired) electrons. The van der Waals surface area contributed by atoms with Gasteiger partial charge in [0, 0.05) is 16.1 Å². The number of ketones is 1. The fraction of sp³-hybridized carbons (Fsp3) is 0.105. The summed E-state index contributed by atoms with van der Waals surface area (Å²) in [5, 5.41) is 7.29. The van der Waals surface area contributed by atoms with Crippen molar-refractivity contribution in [3.63, 3.8) is 0 Å². The van der Waals surface area contributed by atoms with Crippen LogP contribution in [0.25, 0.3) is 11.1 Å². The molecule has 0 saturated carbocycles. The van der Waals surface area contributed by atoms with Gasteiger partial charge in [-0.1, -0.05) is 54.1 Å². The number of nitrogens with zero attached hydrogens (tertiary/aromatic N) is 1. The number of hydrogen-bond acceptors (Lipinski definition) is 4. The lowest BCUT2D eigenvalue weighted by Crippen LogP contribution is -2.08. The van der Waals surface area contributed by atoms with E-state index < -0.39 is 5.97 Å². The molecule has 0 bridgehead atoms. The zero-order valence-electron chi connectivity index (χ0n) is 13.5. The van der Waals surface area contributed by atoms with E-state index in [1.807, 2.05) is 6.07 Å². The van der Waals surface area contributed by atoms with Crippen LogP contribution in [-0.4, -0.2) is 28.6 Å². The Labute approximate surface area is 149 Å². The second kappa shape index (κ2) is 7.32. The minimum atomic E-state index is -0.563.